The number of rotatable bonds is 4. The van der Waals surface area contributed by atoms with Gasteiger partial charge in [0.2, 0.25) is 0 Å². The van der Waals surface area contributed by atoms with Crippen molar-refractivity contribution in [3.8, 4) is 0 Å². The molecule has 0 saturated heterocycles. The summed E-state index contributed by atoms with van der Waals surface area (Å²) < 4.78 is 0. The average Bonchev–Trinajstić information content (AvgIpc) is 1.82. The third kappa shape index (κ3) is 4.56. The topological polar surface area (TPSA) is 29.1 Å². The minimum absolute atomic E-state index is 0.103. The molecule has 2 nitrogen and oxygen atoms in total. The van der Waals surface area contributed by atoms with Crippen LogP contribution in [0.4, 0.5) is 0 Å². The summed E-state index contributed by atoms with van der Waals surface area (Å²) in [4.78, 5) is 10.9. The van der Waals surface area contributed by atoms with E-state index in [4.69, 9.17) is 0 Å². The van der Waals surface area contributed by atoms with Crippen LogP contribution in [0.3, 0.4) is 0 Å². The van der Waals surface area contributed by atoms with Gasteiger partial charge in [-0.3, -0.25) is 0 Å². The highest BCUT2D eigenvalue weighted by Crippen LogP contribution is 1.90. The monoisotopic (exact) mass is 140 g/mol. The van der Waals surface area contributed by atoms with Crippen molar-refractivity contribution < 1.29 is 4.79 Å². The van der Waals surface area contributed by atoms with Gasteiger partial charge in [0.15, 0.2) is 0 Å². The largest absolute Gasteiger partial charge is 0.351 e. The standard InChI is InChI=1S/C7H15BNO/c1-5(2)7(10)8-9-6(3)4/h5-6,9H,1-4H3. The second-order valence-corrected chi connectivity index (χ2v) is 3.02. The van der Waals surface area contributed by atoms with E-state index in [1.54, 1.807) is 7.41 Å². The van der Waals surface area contributed by atoms with E-state index in [0.29, 0.717) is 6.04 Å². The molecule has 0 unspecified atom stereocenters. The molecule has 3 heteroatoms. The zero-order valence-electron chi connectivity index (χ0n) is 7.14. The van der Waals surface area contributed by atoms with E-state index in [9.17, 15) is 4.79 Å². The summed E-state index contributed by atoms with van der Waals surface area (Å²) in [6.45, 7) is 7.79. The Balaban J connectivity index is 3.40. The number of carbonyl (C=O) groups excluding carboxylic acids is 1. The van der Waals surface area contributed by atoms with E-state index < -0.39 is 0 Å². The van der Waals surface area contributed by atoms with Crippen LogP contribution in [0.1, 0.15) is 27.7 Å². The lowest BCUT2D eigenvalue weighted by atomic mass is 9.80. The van der Waals surface area contributed by atoms with E-state index in [0.717, 1.165) is 0 Å². The van der Waals surface area contributed by atoms with Crippen molar-refractivity contribution in [1.29, 1.82) is 0 Å². The molecule has 0 saturated carbocycles. The molecule has 0 bridgehead atoms. The maximum atomic E-state index is 10.9. The number of hydrogen-bond acceptors (Lipinski definition) is 2. The Labute approximate surface area is 63.7 Å². The summed E-state index contributed by atoms with van der Waals surface area (Å²) in [6.07, 6.45) is 0. The molecular formula is C7H15BNO. The molecule has 0 spiro atoms. The molecule has 0 rings (SSSR count). The van der Waals surface area contributed by atoms with Gasteiger partial charge in [-0.2, -0.15) is 0 Å². The van der Waals surface area contributed by atoms with Crippen molar-refractivity contribution in [2.75, 3.05) is 0 Å². The van der Waals surface area contributed by atoms with Crippen LogP contribution in [-0.2, 0) is 4.79 Å². The van der Waals surface area contributed by atoms with Crippen molar-refractivity contribution in [1.82, 2.24) is 5.23 Å². The molecule has 0 amide bonds. The minimum Gasteiger partial charge on any atom is -0.351 e. The number of carbonyl (C=O) groups is 1. The highest BCUT2D eigenvalue weighted by atomic mass is 16.1. The fourth-order valence-corrected chi connectivity index (χ4v) is 0.415. The van der Waals surface area contributed by atoms with Gasteiger partial charge in [0, 0.05) is 5.92 Å². The summed E-state index contributed by atoms with van der Waals surface area (Å²) in [7, 11) is 1.55. The van der Waals surface area contributed by atoms with Gasteiger partial charge in [0.1, 0.15) is 5.68 Å². The first kappa shape index (κ1) is 9.69. The SMILES string of the molecule is CC(C)N[B]C(=O)C(C)C. The molecule has 1 radical (unpaired) electrons. The molecule has 0 aliphatic heterocycles. The Morgan fingerprint density at radius 1 is 1.30 bits per heavy atom. The van der Waals surface area contributed by atoms with E-state index in [1.165, 1.54) is 0 Å². The summed E-state index contributed by atoms with van der Waals surface area (Å²) >= 11 is 0. The van der Waals surface area contributed by atoms with Crippen molar-refractivity contribution in [3.63, 3.8) is 0 Å². The Kier molecular flexibility index (Phi) is 4.36. The number of hydrogen-bond donors (Lipinski definition) is 1. The van der Waals surface area contributed by atoms with Crippen molar-refractivity contribution in [3.05, 3.63) is 0 Å². The predicted octanol–water partition coefficient (Wildman–Crippen LogP) is 0.786. The van der Waals surface area contributed by atoms with Gasteiger partial charge in [0.05, 0.1) is 0 Å². The molecule has 0 aromatic carbocycles. The van der Waals surface area contributed by atoms with Crippen molar-refractivity contribution in [2.24, 2.45) is 5.92 Å². The maximum absolute atomic E-state index is 10.9. The summed E-state index contributed by atoms with van der Waals surface area (Å²) in [6, 6.07) is 0.350. The molecule has 0 aliphatic carbocycles. The van der Waals surface area contributed by atoms with Crippen molar-refractivity contribution >= 4 is 13.1 Å². The molecule has 0 fully saturated rings. The third-order valence-electron chi connectivity index (χ3n) is 1.13. The highest BCUT2D eigenvalue weighted by molar-refractivity contribution is 6.72. The normalized spacial score (nSPS) is 10.6. The van der Waals surface area contributed by atoms with Gasteiger partial charge in [-0.25, -0.2) is 0 Å². The predicted molar refractivity (Wildman–Crippen MR) is 43.9 cm³/mol. The first-order valence-corrected chi connectivity index (χ1v) is 3.67. The Hall–Kier alpha value is -0.305. The Bertz CT molecular complexity index is 112. The third-order valence-corrected chi connectivity index (χ3v) is 1.13. The summed E-state index contributed by atoms with van der Waals surface area (Å²) in [5.74, 6) is 0.103. The van der Waals surface area contributed by atoms with Crippen LogP contribution in [-0.4, -0.2) is 19.1 Å². The van der Waals surface area contributed by atoms with E-state index in [1.807, 2.05) is 27.7 Å². The van der Waals surface area contributed by atoms with E-state index in [-0.39, 0.29) is 11.6 Å². The molecular weight excluding hydrogens is 125 g/mol. The average molecular weight is 140 g/mol. The van der Waals surface area contributed by atoms with Gasteiger partial charge in [-0.1, -0.05) is 27.7 Å². The zero-order valence-corrected chi connectivity index (χ0v) is 7.14. The highest BCUT2D eigenvalue weighted by Gasteiger charge is 2.08. The lowest BCUT2D eigenvalue weighted by Crippen LogP contribution is -2.34. The number of nitrogens with one attached hydrogen (secondary N) is 1. The van der Waals surface area contributed by atoms with Gasteiger partial charge < -0.3 is 10.0 Å². The fourth-order valence-electron chi connectivity index (χ4n) is 0.415. The molecule has 0 aromatic heterocycles. The maximum Gasteiger partial charge on any atom is 0.295 e. The Morgan fingerprint density at radius 3 is 2.10 bits per heavy atom. The lowest BCUT2D eigenvalue weighted by molar-refractivity contribution is -0.114. The van der Waals surface area contributed by atoms with Crippen LogP contribution in [0.15, 0.2) is 0 Å². The van der Waals surface area contributed by atoms with Crippen LogP contribution in [0, 0.1) is 5.92 Å². The second kappa shape index (κ2) is 4.50. The van der Waals surface area contributed by atoms with Gasteiger partial charge >= 0.3 is 0 Å². The summed E-state index contributed by atoms with van der Waals surface area (Å²) in [5, 5.41) is 2.95. The van der Waals surface area contributed by atoms with E-state index in [2.05, 4.69) is 5.23 Å². The van der Waals surface area contributed by atoms with Gasteiger partial charge in [-0.15, -0.1) is 0 Å². The zero-order chi connectivity index (χ0) is 8.15. The van der Waals surface area contributed by atoms with Crippen LogP contribution in [0.5, 0.6) is 0 Å². The summed E-state index contributed by atoms with van der Waals surface area (Å²) in [5.41, 5.74) is 0.161. The van der Waals surface area contributed by atoms with Crippen LogP contribution < -0.4 is 5.23 Å². The van der Waals surface area contributed by atoms with Gasteiger partial charge in [0.25, 0.3) is 7.41 Å². The molecule has 0 aromatic rings. The first-order valence-electron chi connectivity index (χ1n) is 3.67. The van der Waals surface area contributed by atoms with Crippen LogP contribution in [0.25, 0.3) is 0 Å². The quantitative estimate of drug-likeness (QED) is 0.584. The Morgan fingerprint density at radius 2 is 1.80 bits per heavy atom. The molecule has 0 aliphatic rings. The first-order chi connectivity index (χ1) is 4.54. The van der Waals surface area contributed by atoms with E-state index >= 15 is 0 Å². The smallest absolute Gasteiger partial charge is 0.295 e. The second-order valence-electron chi connectivity index (χ2n) is 3.02. The van der Waals surface area contributed by atoms with Crippen LogP contribution >= 0.6 is 0 Å². The molecule has 1 N–H and O–H groups in total. The lowest BCUT2D eigenvalue weighted by Gasteiger charge is -2.06. The molecule has 57 valence electrons. The molecule has 10 heavy (non-hydrogen) atoms. The van der Waals surface area contributed by atoms with Crippen LogP contribution in [0.2, 0.25) is 0 Å². The van der Waals surface area contributed by atoms with Crippen molar-refractivity contribution in [2.45, 2.75) is 33.7 Å². The fraction of sp³-hybridized carbons (Fsp3) is 0.857. The molecule has 0 atom stereocenters. The molecule has 0 heterocycles. The minimum atomic E-state index is 0.103. The van der Waals surface area contributed by atoms with Gasteiger partial charge in [-0.05, 0) is 6.04 Å².